The molecule has 0 radical (unpaired) electrons. The molecule has 0 spiro atoms. The van der Waals surface area contributed by atoms with Crippen LogP contribution in [0.5, 0.6) is 0 Å². The minimum Gasteiger partial charge on any atom is -0.385 e. The molecule has 2 heterocycles. The van der Waals surface area contributed by atoms with E-state index in [1.807, 2.05) is 19.0 Å². The lowest BCUT2D eigenvalue weighted by atomic mass is 10.0. The van der Waals surface area contributed by atoms with E-state index in [0.29, 0.717) is 10.6 Å². The van der Waals surface area contributed by atoms with Gasteiger partial charge in [0.15, 0.2) is 0 Å². The standard InChI is InChI=1S/C14H24F2N4O2/c1-18(2)10-3-6-19(7-4-10)12(22)9-11(21)13-17-5-8-20(13)14(15)16/h5,8,10-12,14,21-22H,3-4,6-7,9H2,1-2H3. The molecule has 1 fully saturated rings. The molecule has 1 aromatic rings. The highest BCUT2D eigenvalue weighted by molar-refractivity contribution is 4.97. The summed E-state index contributed by atoms with van der Waals surface area (Å²) in [4.78, 5) is 7.81. The molecule has 1 saturated heterocycles. The van der Waals surface area contributed by atoms with E-state index in [1.54, 1.807) is 0 Å². The van der Waals surface area contributed by atoms with Gasteiger partial charge >= 0.3 is 6.55 Å². The summed E-state index contributed by atoms with van der Waals surface area (Å²) in [6.45, 7) is -1.31. The number of alkyl halides is 2. The first-order valence-corrected chi connectivity index (χ1v) is 7.47. The molecule has 0 amide bonds. The quantitative estimate of drug-likeness (QED) is 0.821. The van der Waals surface area contributed by atoms with Crippen molar-refractivity contribution in [1.82, 2.24) is 19.4 Å². The summed E-state index contributed by atoms with van der Waals surface area (Å²) >= 11 is 0. The summed E-state index contributed by atoms with van der Waals surface area (Å²) in [6.07, 6.45) is 2.11. The second kappa shape index (κ2) is 7.45. The van der Waals surface area contributed by atoms with Crippen molar-refractivity contribution in [2.24, 2.45) is 0 Å². The molecule has 8 heteroatoms. The second-order valence-corrected chi connectivity index (χ2v) is 5.93. The minimum absolute atomic E-state index is 0.0314. The Morgan fingerprint density at radius 2 is 1.95 bits per heavy atom. The number of hydrogen-bond acceptors (Lipinski definition) is 5. The molecule has 0 saturated carbocycles. The van der Waals surface area contributed by atoms with E-state index in [-0.39, 0.29) is 12.2 Å². The molecule has 0 aromatic carbocycles. The third-order valence-corrected chi connectivity index (χ3v) is 4.29. The predicted molar refractivity (Wildman–Crippen MR) is 77.3 cm³/mol. The number of rotatable bonds is 6. The zero-order valence-corrected chi connectivity index (χ0v) is 12.9. The van der Waals surface area contributed by atoms with Gasteiger partial charge in [0.05, 0.1) is 0 Å². The summed E-state index contributed by atoms with van der Waals surface area (Å²) < 4.78 is 26.2. The lowest BCUT2D eigenvalue weighted by Gasteiger charge is -2.38. The number of imidazole rings is 1. The van der Waals surface area contributed by atoms with E-state index in [0.717, 1.165) is 32.1 Å². The molecule has 6 nitrogen and oxygen atoms in total. The number of piperidine rings is 1. The van der Waals surface area contributed by atoms with Crippen LogP contribution in [0.3, 0.4) is 0 Å². The Morgan fingerprint density at radius 3 is 2.50 bits per heavy atom. The van der Waals surface area contributed by atoms with Gasteiger partial charge < -0.3 is 15.1 Å². The maximum absolute atomic E-state index is 12.8. The molecule has 2 N–H and O–H groups in total. The van der Waals surface area contributed by atoms with Crippen molar-refractivity contribution in [3.05, 3.63) is 18.2 Å². The first-order valence-electron chi connectivity index (χ1n) is 7.47. The fraction of sp³-hybridized carbons (Fsp3) is 0.786. The average Bonchev–Trinajstić information content (AvgIpc) is 2.97. The van der Waals surface area contributed by atoms with E-state index in [4.69, 9.17) is 0 Å². The summed E-state index contributed by atoms with van der Waals surface area (Å²) in [7, 11) is 4.06. The Kier molecular flexibility index (Phi) is 5.85. The monoisotopic (exact) mass is 318 g/mol. The lowest BCUT2D eigenvalue weighted by Crippen LogP contribution is -2.46. The molecule has 126 valence electrons. The number of nitrogens with zero attached hydrogens (tertiary/aromatic N) is 4. The lowest BCUT2D eigenvalue weighted by molar-refractivity contribution is -0.0522. The van der Waals surface area contributed by atoms with Gasteiger partial charge in [-0.3, -0.25) is 9.47 Å². The average molecular weight is 318 g/mol. The van der Waals surface area contributed by atoms with E-state index in [2.05, 4.69) is 9.88 Å². The van der Waals surface area contributed by atoms with Crippen LogP contribution in [-0.2, 0) is 0 Å². The Bertz CT molecular complexity index is 461. The number of likely N-dealkylation sites (tertiary alicyclic amines) is 1. The van der Waals surface area contributed by atoms with Gasteiger partial charge in [0.2, 0.25) is 0 Å². The van der Waals surface area contributed by atoms with Gasteiger partial charge in [0, 0.05) is 37.9 Å². The fourth-order valence-corrected chi connectivity index (χ4v) is 2.90. The van der Waals surface area contributed by atoms with Crippen molar-refractivity contribution >= 4 is 0 Å². The van der Waals surface area contributed by atoms with Crippen molar-refractivity contribution in [2.75, 3.05) is 27.2 Å². The Labute approximate surface area is 129 Å². The van der Waals surface area contributed by atoms with Crippen LogP contribution >= 0.6 is 0 Å². The van der Waals surface area contributed by atoms with Gasteiger partial charge in [-0.1, -0.05) is 0 Å². The van der Waals surface area contributed by atoms with Gasteiger partial charge in [0.25, 0.3) is 0 Å². The molecule has 1 aromatic heterocycles. The first-order chi connectivity index (χ1) is 10.4. The minimum atomic E-state index is -2.75. The van der Waals surface area contributed by atoms with Gasteiger partial charge in [-0.2, -0.15) is 8.78 Å². The van der Waals surface area contributed by atoms with Crippen molar-refractivity contribution in [3.8, 4) is 0 Å². The smallest absolute Gasteiger partial charge is 0.320 e. The number of halogens is 2. The van der Waals surface area contributed by atoms with Crippen LogP contribution in [0, 0.1) is 0 Å². The molecule has 2 unspecified atom stereocenters. The number of aliphatic hydroxyl groups excluding tert-OH is 2. The van der Waals surface area contributed by atoms with Crippen LogP contribution in [-0.4, -0.2) is 69.0 Å². The Hall–Kier alpha value is -1.09. The SMILES string of the molecule is CN(C)C1CCN(C(O)CC(O)c2nccn2C(F)F)CC1. The van der Waals surface area contributed by atoms with E-state index < -0.39 is 18.9 Å². The van der Waals surface area contributed by atoms with E-state index in [9.17, 15) is 19.0 Å². The van der Waals surface area contributed by atoms with Crippen molar-refractivity contribution in [3.63, 3.8) is 0 Å². The number of aliphatic hydroxyl groups is 2. The van der Waals surface area contributed by atoms with Crippen molar-refractivity contribution in [1.29, 1.82) is 0 Å². The zero-order chi connectivity index (χ0) is 16.3. The molecule has 1 aliphatic rings. The van der Waals surface area contributed by atoms with Crippen LogP contribution in [0.4, 0.5) is 8.78 Å². The normalized spacial score (nSPS) is 20.7. The third kappa shape index (κ3) is 4.01. The van der Waals surface area contributed by atoms with Crippen LogP contribution < -0.4 is 0 Å². The van der Waals surface area contributed by atoms with E-state index >= 15 is 0 Å². The van der Waals surface area contributed by atoms with Gasteiger partial charge in [-0.25, -0.2) is 4.98 Å². The molecular weight excluding hydrogens is 294 g/mol. The first kappa shape index (κ1) is 17.3. The highest BCUT2D eigenvalue weighted by Gasteiger charge is 2.28. The summed E-state index contributed by atoms with van der Waals surface area (Å²) in [5.41, 5.74) is 0. The molecule has 0 bridgehead atoms. The molecule has 22 heavy (non-hydrogen) atoms. The third-order valence-electron chi connectivity index (χ3n) is 4.29. The Balaban J connectivity index is 1.89. The summed E-state index contributed by atoms with van der Waals surface area (Å²) in [6, 6.07) is 0.492. The van der Waals surface area contributed by atoms with Crippen molar-refractivity contribution in [2.45, 2.75) is 44.2 Å². The zero-order valence-electron chi connectivity index (χ0n) is 12.9. The maximum atomic E-state index is 12.8. The molecule has 0 aliphatic carbocycles. The molecule has 2 rings (SSSR count). The topological polar surface area (TPSA) is 64.8 Å². The van der Waals surface area contributed by atoms with Crippen LogP contribution in [0.2, 0.25) is 0 Å². The number of hydrogen-bond donors (Lipinski definition) is 2. The van der Waals surface area contributed by atoms with E-state index in [1.165, 1.54) is 6.20 Å². The fourth-order valence-electron chi connectivity index (χ4n) is 2.90. The largest absolute Gasteiger partial charge is 0.385 e. The Morgan fingerprint density at radius 1 is 1.32 bits per heavy atom. The van der Waals surface area contributed by atoms with Gasteiger partial charge in [-0.15, -0.1) is 0 Å². The van der Waals surface area contributed by atoms with Gasteiger partial charge in [-0.05, 0) is 26.9 Å². The summed E-state index contributed by atoms with van der Waals surface area (Å²) in [5, 5.41) is 20.3. The maximum Gasteiger partial charge on any atom is 0.320 e. The highest BCUT2D eigenvalue weighted by Crippen LogP contribution is 2.24. The second-order valence-electron chi connectivity index (χ2n) is 5.93. The highest BCUT2D eigenvalue weighted by atomic mass is 19.3. The van der Waals surface area contributed by atoms with Crippen LogP contribution in [0.1, 0.15) is 37.7 Å². The number of aromatic nitrogens is 2. The molecular formula is C14H24F2N4O2. The van der Waals surface area contributed by atoms with Crippen LogP contribution in [0.15, 0.2) is 12.4 Å². The molecule has 2 atom stereocenters. The molecule has 1 aliphatic heterocycles. The van der Waals surface area contributed by atoms with Gasteiger partial charge in [0.1, 0.15) is 18.2 Å². The van der Waals surface area contributed by atoms with Crippen molar-refractivity contribution < 1.29 is 19.0 Å². The van der Waals surface area contributed by atoms with Crippen LogP contribution in [0.25, 0.3) is 0 Å². The predicted octanol–water partition coefficient (Wildman–Crippen LogP) is 1.05. The summed E-state index contributed by atoms with van der Waals surface area (Å²) in [5.74, 6) is -0.114.